The van der Waals surface area contributed by atoms with Gasteiger partial charge in [-0.15, -0.1) is 0 Å². The van der Waals surface area contributed by atoms with E-state index < -0.39 is 42.6 Å². The van der Waals surface area contributed by atoms with Crippen molar-refractivity contribution in [1.29, 1.82) is 0 Å². The lowest BCUT2D eigenvalue weighted by atomic mass is 9.97. The Kier molecular flexibility index (Phi) is 13.9. The molecule has 2 aromatic rings. The van der Waals surface area contributed by atoms with Crippen molar-refractivity contribution in [3.63, 3.8) is 0 Å². The maximum absolute atomic E-state index is 13.3. The molecule has 0 amide bonds. The quantitative estimate of drug-likeness (QED) is 0.137. The van der Waals surface area contributed by atoms with Crippen LogP contribution in [-0.2, 0) is 23.8 Å². The zero-order chi connectivity index (χ0) is 29.5. The fraction of sp³-hybridized carbons (Fsp3) is 0.533. The Morgan fingerprint density at radius 2 is 1.73 bits per heavy atom. The number of rotatable bonds is 18. The van der Waals surface area contributed by atoms with Gasteiger partial charge in [0.2, 0.25) is 6.79 Å². The smallest absolute Gasteiger partial charge is 0.309 e. The fourth-order valence-corrected chi connectivity index (χ4v) is 4.01. The average molecular weight is 560 g/mol. The van der Waals surface area contributed by atoms with Gasteiger partial charge in [-0.05, 0) is 38.3 Å². The molecule has 1 heterocycles. The Bertz CT molecular complexity index is 1080. The average Bonchev–Trinajstić information content (AvgIpc) is 2.95. The highest BCUT2D eigenvalue weighted by Gasteiger charge is 2.34. The van der Waals surface area contributed by atoms with Crippen molar-refractivity contribution in [3.05, 3.63) is 48.3 Å². The van der Waals surface area contributed by atoms with Crippen molar-refractivity contribution in [1.82, 2.24) is 4.98 Å². The molecule has 40 heavy (non-hydrogen) atoms. The molecule has 0 aliphatic heterocycles. The molecule has 0 N–H and O–H groups in total. The van der Waals surface area contributed by atoms with Crippen LogP contribution in [0.1, 0.15) is 70.8 Å². The number of aromatic nitrogens is 1. The lowest BCUT2D eigenvalue weighted by Gasteiger charge is -2.32. The summed E-state index contributed by atoms with van der Waals surface area (Å²) < 4.78 is 33.8. The Hall–Kier alpha value is -3.66. The minimum atomic E-state index is -0.738. The van der Waals surface area contributed by atoms with Gasteiger partial charge in [-0.2, -0.15) is 0 Å². The van der Waals surface area contributed by atoms with Crippen molar-refractivity contribution in [2.24, 2.45) is 5.92 Å². The Balaban J connectivity index is 2.19. The zero-order valence-corrected chi connectivity index (χ0v) is 24.2. The van der Waals surface area contributed by atoms with Gasteiger partial charge in [0.1, 0.15) is 11.9 Å². The Morgan fingerprint density at radius 3 is 2.33 bits per heavy atom. The molecule has 10 nitrogen and oxygen atoms in total. The molecule has 0 aliphatic carbocycles. The highest BCUT2D eigenvalue weighted by atomic mass is 16.7. The van der Waals surface area contributed by atoms with E-state index in [2.05, 4.69) is 4.98 Å². The van der Waals surface area contributed by atoms with E-state index in [1.165, 1.54) is 26.3 Å². The van der Waals surface area contributed by atoms with Crippen LogP contribution in [0.5, 0.6) is 17.2 Å². The summed E-state index contributed by atoms with van der Waals surface area (Å²) >= 11 is 0. The minimum Gasteiger partial charge on any atom is -0.493 e. The number of hydrogen-bond donors (Lipinski definition) is 0. The van der Waals surface area contributed by atoms with E-state index >= 15 is 0 Å². The highest BCUT2D eigenvalue weighted by Crippen LogP contribution is 2.31. The number of esters is 2. The van der Waals surface area contributed by atoms with Crippen molar-refractivity contribution in [2.75, 3.05) is 20.5 Å². The predicted molar refractivity (Wildman–Crippen MR) is 148 cm³/mol. The number of carbonyl (C=O) groups excluding carboxylic acids is 3. The highest BCUT2D eigenvalue weighted by molar-refractivity contribution is 5.99. The molecule has 220 valence electrons. The van der Waals surface area contributed by atoms with E-state index in [1.54, 1.807) is 13.8 Å². The number of para-hydroxylation sites is 1. The van der Waals surface area contributed by atoms with Crippen LogP contribution in [-0.4, -0.2) is 61.5 Å². The number of methoxy groups -OCH3 is 1. The summed E-state index contributed by atoms with van der Waals surface area (Å²) in [5, 5.41) is 0. The molecule has 0 spiro atoms. The molecule has 0 unspecified atom stereocenters. The summed E-state index contributed by atoms with van der Waals surface area (Å²) in [5.41, 5.74) is -0.0323. The lowest BCUT2D eigenvalue weighted by molar-refractivity contribution is -0.163. The molecule has 2 rings (SSSR count). The predicted octanol–water partition coefficient (Wildman–Crippen LogP) is 5.17. The standard InChI is InChI=1S/C30H41NO9/c1-7-17-36-25(9-3)28(40-23-13-11-10-12-14-23)20(4)39-30(34)22(8-2)18-24(33)27-29(38-19-37-21(5)32)26(35-6)15-16-31-27/h10-16,20,22,25,28H,7-9,17-19H2,1-6H3/t20-,22+,25-,28-/m0/s1. The summed E-state index contributed by atoms with van der Waals surface area (Å²) in [6, 6.07) is 10.8. The summed E-state index contributed by atoms with van der Waals surface area (Å²) in [6.45, 7) is 8.95. The van der Waals surface area contributed by atoms with E-state index in [0.717, 1.165) is 6.42 Å². The molecule has 0 saturated carbocycles. The molecular formula is C30H41NO9. The molecule has 0 saturated heterocycles. The van der Waals surface area contributed by atoms with E-state index in [9.17, 15) is 14.4 Å². The van der Waals surface area contributed by atoms with Crippen molar-refractivity contribution < 1.29 is 42.8 Å². The number of ketones is 1. The molecule has 0 radical (unpaired) electrons. The second kappa shape index (κ2) is 17.1. The van der Waals surface area contributed by atoms with Gasteiger partial charge in [-0.1, -0.05) is 39.0 Å². The van der Waals surface area contributed by atoms with E-state index in [4.69, 9.17) is 28.4 Å². The number of nitrogens with zero attached hydrogens (tertiary/aromatic N) is 1. The van der Waals surface area contributed by atoms with Crippen molar-refractivity contribution in [2.45, 2.75) is 78.6 Å². The Morgan fingerprint density at radius 1 is 1.00 bits per heavy atom. The number of benzene rings is 1. The first-order valence-corrected chi connectivity index (χ1v) is 13.6. The third-order valence-corrected chi connectivity index (χ3v) is 6.16. The minimum absolute atomic E-state index is 0.0306. The molecule has 0 fully saturated rings. The molecule has 0 bridgehead atoms. The number of Topliss-reactive ketones (excluding diaryl/α,β-unsaturated/α-hetero) is 1. The first kappa shape index (κ1) is 32.6. The van der Waals surface area contributed by atoms with Gasteiger partial charge < -0.3 is 28.4 Å². The summed E-state index contributed by atoms with van der Waals surface area (Å²) in [6.07, 6.45) is 1.58. The van der Waals surface area contributed by atoms with E-state index in [1.807, 2.05) is 44.2 Å². The lowest BCUT2D eigenvalue weighted by Crippen LogP contribution is -2.45. The normalized spacial score (nSPS) is 13.8. The third kappa shape index (κ3) is 9.82. The van der Waals surface area contributed by atoms with Crippen LogP contribution >= 0.6 is 0 Å². The molecule has 1 aromatic heterocycles. The summed E-state index contributed by atoms with van der Waals surface area (Å²) in [4.78, 5) is 41.8. The summed E-state index contributed by atoms with van der Waals surface area (Å²) in [7, 11) is 1.41. The van der Waals surface area contributed by atoms with Crippen LogP contribution in [0, 0.1) is 5.92 Å². The van der Waals surface area contributed by atoms with Crippen LogP contribution in [0.15, 0.2) is 42.6 Å². The van der Waals surface area contributed by atoms with Crippen LogP contribution < -0.4 is 14.2 Å². The maximum Gasteiger partial charge on any atom is 0.309 e. The first-order chi connectivity index (χ1) is 19.2. The second-order valence-corrected chi connectivity index (χ2v) is 9.18. The second-order valence-electron chi connectivity index (χ2n) is 9.18. The van der Waals surface area contributed by atoms with Crippen molar-refractivity contribution >= 4 is 17.7 Å². The van der Waals surface area contributed by atoms with Crippen LogP contribution in [0.25, 0.3) is 0 Å². The van der Waals surface area contributed by atoms with Crippen LogP contribution in [0.3, 0.4) is 0 Å². The van der Waals surface area contributed by atoms with Crippen LogP contribution in [0.4, 0.5) is 0 Å². The van der Waals surface area contributed by atoms with Gasteiger partial charge in [0.15, 0.2) is 29.1 Å². The van der Waals surface area contributed by atoms with E-state index in [-0.39, 0.29) is 29.7 Å². The largest absolute Gasteiger partial charge is 0.493 e. The summed E-state index contributed by atoms with van der Waals surface area (Å²) in [5.74, 6) is -1.33. The first-order valence-electron chi connectivity index (χ1n) is 13.6. The maximum atomic E-state index is 13.3. The van der Waals surface area contributed by atoms with Crippen molar-refractivity contribution in [3.8, 4) is 17.2 Å². The van der Waals surface area contributed by atoms with Gasteiger partial charge in [0.05, 0.1) is 19.1 Å². The number of carbonyl (C=O) groups is 3. The van der Waals surface area contributed by atoms with E-state index in [0.29, 0.717) is 25.2 Å². The monoisotopic (exact) mass is 559 g/mol. The molecular weight excluding hydrogens is 518 g/mol. The Labute approximate surface area is 236 Å². The van der Waals surface area contributed by atoms with Gasteiger partial charge in [0.25, 0.3) is 0 Å². The molecule has 0 aliphatic rings. The number of ether oxygens (including phenoxy) is 6. The number of pyridine rings is 1. The zero-order valence-electron chi connectivity index (χ0n) is 24.2. The molecule has 4 atom stereocenters. The SMILES string of the molecule is CCCO[C@@H](CC)[C@@H](Oc1ccccc1)[C@H](C)OC(=O)[C@H](CC)CC(=O)c1nccc(OC)c1OCOC(C)=O. The van der Waals surface area contributed by atoms with Gasteiger partial charge in [-0.3, -0.25) is 14.4 Å². The number of hydrogen-bond acceptors (Lipinski definition) is 10. The topological polar surface area (TPSA) is 119 Å². The van der Waals surface area contributed by atoms with Gasteiger partial charge in [0, 0.05) is 32.2 Å². The molecule has 10 heteroatoms. The van der Waals surface area contributed by atoms with Crippen LogP contribution in [0.2, 0.25) is 0 Å². The molecule has 1 aromatic carbocycles. The third-order valence-electron chi connectivity index (χ3n) is 6.16. The van der Waals surface area contributed by atoms with Gasteiger partial charge in [-0.25, -0.2) is 4.98 Å². The fourth-order valence-electron chi connectivity index (χ4n) is 4.01. The van der Waals surface area contributed by atoms with Gasteiger partial charge >= 0.3 is 11.9 Å².